The largest absolute Gasteiger partial charge is 0.336 e. The van der Waals surface area contributed by atoms with Crippen molar-refractivity contribution in [1.29, 1.82) is 0 Å². The van der Waals surface area contributed by atoms with Gasteiger partial charge in [0.2, 0.25) is 0 Å². The van der Waals surface area contributed by atoms with Gasteiger partial charge in [0.15, 0.2) is 9.84 Å². The highest BCUT2D eigenvalue weighted by atomic mass is 32.2. The van der Waals surface area contributed by atoms with E-state index < -0.39 is 21.1 Å². The van der Waals surface area contributed by atoms with Crippen LogP contribution >= 0.6 is 0 Å². The van der Waals surface area contributed by atoms with Crippen LogP contribution in [-0.4, -0.2) is 26.0 Å². The van der Waals surface area contributed by atoms with Crippen molar-refractivity contribution in [3.63, 3.8) is 0 Å². The summed E-state index contributed by atoms with van der Waals surface area (Å²) in [5.41, 5.74) is 1.14. The van der Waals surface area contributed by atoms with Crippen molar-refractivity contribution in [3.8, 4) is 0 Å². The van der Waals surface area contributed by atoms with Crippen LogP contribution in [0.25, 0.3) is 0 Å². The Kier molecular flexibility index (Phi) is 5.83. The molecule has 0 saturated heterocycles. The molecule has 0 unspecified atom stereocenters. The highest BCUT2D eigenvalue weighted by molar-refractivity contribution is 7.91. The van der Waals surface area contributed by atoms with Gasteiger partial charge in [-0.05, 0) is 35.9 Å². The summed E-state index contributed by atoms with van der Waals surface area (Å²) in [5, 5.41) is 4.38. The van der Waals surface area contributed by atoms with Crippen molar-refractivity contribution >= 4 is 21.6 Å². The number of pyridine rings is 1. The molecule has 2 amide bonds. The van der Waals surface area contributed by atoms with Gasteiger partial charge in [0.05, 0.1) is 4.90 Å². The van der Waals surface area contributed by atoms with Gasteiger partial charge in [0.1, 0.15) is 5.25 Å². The molecule has 27 heavy (non-hydrogen) atoms. The fourth-order valence-electron chi connectivity index (χ4n) is 2.63. The van der Waals surface area contributed by atoms with Crippen LogP contribution < -0.4 is 10.6 Å². The number of carbonyl (C=O) groups is 1. The van der Waals surface area contributed by atoms with Crippen LogP contribution in [-0.2, 0) is 9.84 Å². The van der Waals surface area contributed by atoms with Gasteiger partial charge in [-0.1, -0.05) is 42.5 Å². The summed E-state index contributed by atoms with van der Waals surface area (Å²) in [6, 6.07) is 20.0. The number of para-hydroxylation sites is 1. The number of sulfone groups is 1. The Morgan fingerprint density at radius 2 is 1.59 bits per heavy atom. The maximum atomic E-state index is 13.1. The van der Waals surface area contributed by atoms with Crippen molar-refractivity contribution in [2.45, 2.75) is 10.1 Å². The fourth-order valence-corrected chi connectivity index (χ4v) is 4.30. The van der Waals surface area contributed by atoms with Crippen LogP contribution in [0.5, 0.6) is 0 Å². The molecule has 1 aromatic heterocycles. The molecular formula is C20H19N3O3S. The van der Waals surface area contributed by atoms with E-state index in [0.29, 0.717) is 11.3 Å². The van der Waals surface area contributed by atoms with Crippen LogP contribution in [0.1, 0.15) is 10.8 Å². The number of aromatic nitrogens is 1. The molecule has 0 saturated carbocycles. The first-order valence-electron chi connectivity index (χ1n) is 8.36. The molecule has 138 valence electrons. The molecule has 0 fully saturated rings. The minimum Gasteiger partial charge on any atom is -0.336 e. The summed E-state index contributed by atoms with van der Waals surface area (Å²) in [4.78, 5) is 16.4. The minimum atomic E-state index is -3.71. The third-order valence-electron chi connectivity index (χ3n) is 3.98. The lowest BCUT2D eigenvalue weighted by atomic mass is 10.2. The molecule has 1 heterocycles. The first-order chi connectivity index (χ1) is 13.1. The number of nitrogens with one attached hydrogen (secondary N) is 2. The van der Waals surface area contributed by atoms with Crippen LogP contribution in [0, 0.1) is 0 Å². The normalized spacial score (nSPS) is 12.1. The number of amides is 2. The van der Waals surface area contributed by atoms with Crippen LogP contribution in [0.4, 0.5) is 10.5 Å². The first kappa shape index (κ1) is 18.6. The SMILES string of the molecule is O=C(NC[C@@H](c1cccnc1)S(=O)(=O)c1ccccc1)Nc1ccccc1. The molecular weight excluding hydrogens is 362 g/mol. The van der Waals surface area contributed by atoms with Gasteiger partial charge in [-0.25, -0.2) is 13.2 Å². The average molecular weight is 381 g/mol. The predicted octanol–water partition coefficient (Wildman–Crippen LogP) is 3.42. The number of hydrogen-bond donors (Lipinski definition) is 2. The molecule has 0 aliphatic rings. The van der Waals surface area contributed by atoms with E-state index in [1.54, 1.807) is 72.9 Å². The molecule has 6 nitrogen and oxygen atoms in total. The molecule has 0 aliphatic carbocycles. The highest BCUT2D eigenvalue weighted by Crippen LogP contribution is 2.27. The van der Waals surface area contributed by atoms with E-state index in [9.17, 15) is 13.2 Å². The number of benzene rings is 2. The van der Waals surface area contributed by atoms with E-state index >= 15 is 0 Å². The van der Waals surface area contributed by atoms with E-state index in [1.165, 1.54) is 6.20 Å². The lowest BCUT2D eigenvalue weighted by Crippen LogP contribution is -2.34. The van der Waals surface area contributed by atoms with Gasteiger partial charge in [-0.3, -0.25) is 4.98 Å². The Morgan fingerprint density at radius 3 is 2.22 bits per heavy atom. The molecule has 3 rings (SSSR count). The number of hydrogen-bond acceptors (Lipinski definition) is 4. The van der Waals surface area contributed by atoms with E-state index in [4.69, 9.17) is 0 Å². The number of rotatable bonds is 6. The number of nitrogens with zero attached hydrogens (tertiary/aromatic N) is 1. The van der Waals surface area contributed by atoms with Crippen molar-refractivity contribution in [2.75, 3.05) is 11.9 Å². The first-order valence-corrected chi connectivity index (χ1v) is 9.91. The van der Waals surface area contributed by atoms with Gasteiger partial charge in [-0.2, -0.15) is 0 Å². The molecule has 0 radical (unpaired) electrons. The predicted molar refractivity (Wildman–Crippen MR) is 104 cm³/mol. The summed E-state index contributed by atoms with van der Waals surface area (Å²) in [6.45, 7) is -0.0818. The minimum absolute atomic E-state index is 0.0818. The third-order valence-corrected chi connectivity index (χ3v) is 6.10. The quantitative estimate of drug-likeness (QED) is 0.685. The van der Waals surface area contributed by atoms with Gasteiger partial charge in [0.25, 0.3) is 0 Å². The van der Waals surface area contributed by atoms with Crippen molar-refractivity contribution in [3.05, 3.63) is 90.8 Å². The fraction of sp³-hybridized carbons (Fsp3) is 0.100. The van der Waals surface area contributed by atoms with Gasteiger partial charge in [-0.15, -0.1) is 0 Å². The van der Waals surface area contributed by atoms with Crippen LogP contribution in [0.2, 0.25) is 0 Å². The number of carbonyl (C=O) groups excluding carboxylic acids is 1. The summed E-state index contributed by atoms with van der Waals surface area (Å²) in [6.07, 6.45) is 3.08. The molecule has 2 aromatic carbocycles. The number of urea groups is 1. The standard InChI is InChI=1S/C20H19N3O3S/c24-20(23-17-9-3-1-4-10-17)22-15-19(16-8-7-13-21-14-16)27(25,26)18-11-5-2-6-12-18/h1-14,19H,15H2,(H2,22,23,24)/t19-/m0/s1. The van der Waals surface area contributed by atoms with E-state index in [-0.39, 0.29) is 11.4 Å². The van der Waals surface area contributed by atoms with Gasteiger partial charge < -0.3 is 10.6 Å². The molecule has 1 atom stereocenters. The van der Waals surface area contributed by atoms with Crippen molar-refractivity contribution in [2.24, 2.45) is 0 Å². The molecule has 0 aliphatic heterocycles. The van der Waals surface area contributed by atoms with Gasteiger partial charge in [0, 0.05) is 24.6 Å². The zero-order valence-electron chi connectivity index (χ0n) is 14.4. The van der Waals surface area contributed by atoms with Gasteiger partial charge >= 0.3 is 6.03 Å². The zero-order valence-corrected chi connectivity index (χ0v) is 15.3. The molecule has 3 aromatic rings. The number of anilines is 1. The second kappa shape index (κ2) is 8.46. The Balaban J connectivity index is 1.80. The summed E-state index contributed by atoms with van der Waals surface area (Å²) in [7, 11) is -3.71. The maximum absolute atomic E-state index is 13.1. The second-order valence-corrected chi connectivity index (χ2v) is 7.96. The highest BCUT2D eigenvalue weighted by Gasteiger charge is 2.29. The molecule has 7 heteroatoms. The third kappa shape index (κ3) is 4.71. The Bertz CT molecular complexity index is 979. The smallest absolute Gasteiger partial charge is 0.319 e. The summed E-state index contributed by atoms with van der Waals surface area (Å²) >= 11 is 0. The average Bonchev–Trinajstić information content (AvgIpc) is 2.70. The zero-order chi connectivity index (χ0) is 19.1. The summed E-state index contributed by atoms with van der Waals surface area (Å²) in [5.74, 6) is 0. The molecule has 0 bridgehead atoms. The van der Waals surface area contributed by atoms with Crippen LogP contribution in [0.3, 0.4) is 0 Å². The van der Waals surface area contributed by atoms with E-state index in [0.717, 1.165) is 0 Å². The summed E-state index contributed by atoms with van der Waals surface area (Å²) < 4.78 is 26.2. The van der Waals surface area contributed by atoms with Crippen molar-refractivity contribution in [1.82, 2.24) is 10.3 Å². The van der Waals surface area contributed by atoms with E-state index in [1.807, 2.05) is 6.07 Å². The van der Waals surface area contributed by atoms with Crippen molar-refractivity contribution < 1.29 is 13.2 Å². The lowest BCUT2D eigenvalue weighted by molar-refractivity contribution is 0.252. The molecule has 2 N–H and O–H groups in total. The van der Waals surface area contributed by atoms with E-state index in [2.05, 4.69) is 15.6 Å². The topological polar surface area (TPSA) is 88.2 Å². The second-order valence-electron chi connectivity index (χ2n) is 5.83. The maximum Gasteiger partial charge on any atom is 0.319 e. The Labute approximate surface area is 158 Å². The monoisotopic (exact) mass is 381 g/mol. The molecule has 0 spiro atoms. The Hall–Kier alpha value is -3.19. The lowest BCUT2D eigenvalue weighted by Gasteiger charge is -2.19. The Morgan fingerprint density at radius 1 is 0.926 bits per heavy atom. The van der Waals surface area contributed by atoms with Crippen LogP contribution in [0.15, 0.2) is 90.1 Å².